The van der Waals surface area contributed by atoms with Gasteiger partial charge in [-0.1, -0.05) is 0 Å². The summed E-state index contributed by atoms with van der Waals surface area (Å²) in [7, 11) is 1.60. The van der Waals surface area contributed by atoms with Crippen LogP contribution < -0.4 is 10.1 Å². The number of carbonyl (C=O) groups is 2. The molecule has 0 atom stereocenters. The van der Waals surface area contributed by atoms with Crippen LogP contribution in [0.15, 0.2) is 24.3 Å². The van der Waals surface area contributed by atoms with Crippen molar-refractivity contribution < 1.29 is 19.1 Å². The first-order chi connectivity index (χ1) is 11.7. The largest absolute Gasteiger partial charge is 0.497 e. The molecule has 1 aromatic carbocycles. The molecule has 0 aliphatic heterocycles. The first kappa shape index (κ1) is 18.9. The average Bonchev–Trinajstić information content (AvgIpc) is 2.93. The van der Waals surface area contributed by atoms with Gasteiger partial charge in [0.05, 0.1) is 12.8 Å². The molecule has 1 amide bonds. The van der Waals surface area contributed by atoms with Gasteiger partial charge in [-0.25, -0.2) is 9.78 Å². The van der Waals surface area contributed by atoms with Gasteiger partial charge in [0.1, 0.15) is 15.6 Å². The van der Waals surface area contributed by atoms with E-state index in [4.69, 9.17) is 9.47 Å². The number of benzene rings is 1. The van der Waals surface area contributed by atoms with Crippen molar-refractivity contribution in [3.63, 3.8) is 0 Å². The number of aromatic nitrogens is 1. The second kappa shape index (κ2) is 7.65. The molecule has 0 aliphatic rings. The number of rotatable bonds is 5. The molecule has 0 saturated carbocycles. The molecule has 2 rings (SSSR count). The highest BCUT2D eigenvalue weighted by Crippen LogP contribution is 2.29. The standard InChI is InChI=1S/C18H22N2O4S/c1-11-15(17(22)24-10-14(21)20-18(2,3)4)25-16(19-11)12-6-8-13(23-5)9-7-12/h6-9H,10H2,1-5H3,(H,20,21). The zero-order chi connectivity index (χ0) is 18.6. The molecule has 6 nitrogen and oxygen atoms in total. The Labute approximate surface area is 151 Å². The molecule has 1 N–H and O–H groups in total. The SMILES string of the molecule is COc1ccc(-c2nc(C)c(C(=O)OCC(=O)NC(C)(C)C)s2)cc1. The monoisotopic (exact) mass is 362 g/mol. The summed E-state index contributed by atoms with van der Waals surface area (Å²) < 4.78 is 10.2. The van der Waals surface area contributed by atoms with Crippen molar-refractivity contribution in [3.8, 4) is 16.3 Å². The van der Waals surface area contributed by atoms with E-state index >= 15 is 0 Å². The zero-order valence-electron chi connectivity index (χ0n) is 15.0. The van der Waals surface area contributed by atoms with Crippen molar-refractivity contribution in [3.05, 3.63) is 34.8 Å². The second-order valence-electron chi connectivity index (χ2n) is 6.54. The van der Waals surface area contributed by atoms with Crippen LogP contribution >= 0.6 is 11.3 Å². The predicted molar refractivity (Wildman–Crippen MR) is 97.0 cm³/mol. The van der Waals surface area contributed by atoms with Crippen LogP contribution in [0.25, 0.3) is 10.6 Å². The maximum Gasteiger partial charge on any atom is 0.350 e. The summed E-state index contributed by atoms with van der Waals surface area (Å²) in [6.07, 6.45) is 0. The maximum absolute atomic E-state index is 12.2. The summed E-state index contributed by atoms with van der Waals surface area (Å²) in [6, 6.07) is 7.42. The minimum atomic E-state index is -0.543. The molecule has 0 unspecified atom stereocenters. The quantitative estimate of drug-likeness (QED) is 0.827. The van der Waals surface area contributed by atoms with Gasteiger partial charge in [-0.3, -0.25) is 4.79 Å². The number of thiazole rings is 1. The van der Waals surface area contributed by atoms with Crippen LogP contribution in [0.3, 0.4) is 0 Å². The average molecular weight is 362 g/mol. The lowest BCUT2D eigenvalue weighted by atomic mass is 10.1. The topological polar surface area (TPSA) is 77.5 Å². The van der Waals surface area contributed by atoms with Crippen LogP contribution in [0, 0.1) is 6.92 Å². The van der Waals surface area contributed by atoms with Gasteiger partial charge >= 0.3 is 5.97 Å². The van der Waals surface area contributed by atoms with Crippen LogP contribution in [0.4, 0.5) is 0 Å². The Morgan fingerprint density at radius 2 is 1.84 bits per heavy atom. The number of carbonyl (C=O) groups excluding carboxylic acids is 2. The van der Waals surface area contributed by atoms with E-state index < -0.39 is 5.97 Å². The van der Waals surface area contributed by atoms with Crippen LogP contribution in [0.1, 0.15) is 36.1 Å². The molecule has 0 fully saturated rings. The zero-order valence-corrected chi connectivity index (χ0v) is 15.8. The fourth-order valence-electron chi connectivity index (χ4n) is 2.09. The molecule has 25 heavy (non-hydrogen) atoms. The Balaban J connectivity index is 2.05. The third kappa shape index (κ3) is 5.29. The molecular weight excluding hydrogens is 340 g/mol. The van der Waals surface area contributed by atoms with Gasteiger partial charge < -0.3 is 14.8 Å². The summed E-state index contributed by atoms with van der Waals surface area (Å²) in [5.41, 5.74) is 1.10. The normalized spacial score (nSPS) is 11.1. The molecule has 0 saturated heterocycles. The molecule has 1 aromatic heterocycles. The van der Waals surface area contributed by atoms with E-state index in [1.807, 2.05) is 45.0 Å². The second-order valence-corrected chi connectivity index (χ2v) is 7.54. The van der Waals surface area contributed by atoms with Crippen LogP contribution in [-0.4, -0.2) is 36.1 Å². The van der Waals surface area contributed by atoms with Gasteiger partial charge in [0, 0.05) is 11.1 Å². The van der Waals surface area contributed by atoms with Crippen molar-refractivity contribution in [2.24, 2.45) is 0 Å². The van der Waals surface area contributed by atoms with Crippen LogP contribution in [0.2, 0.25) is 0 Å². The lowest BCUT2D eigenvalue weighted by Crippen LogP contribution is -2.42. The number of nitrogens with one attached hydrogen (secondary N) is 1. The number of hydrogen-bond donors (Lipinski definition) is 1. The van der Waals surface area contributed by atoms with E-state index in [2.05, 4.69) is 10.3 Å². The van der Waals surface area contributed by atoms with E-state index in [1.54, 1.807) is 14.0 Å². The Kier molecular flexibility index (Phi) is 5.79. The highest BCUT2D eigenvalue weighted by atomic mass is 32.1. The third-order valence-corrected chi connectivity index (χ3v) is 4.35. The summed E-state index contributed by atoms with van der Waals surface area (Å²) >= 11 is 1.24. The lowest BCUT2D eigenvalue weighted by molar-refractivity contribution is -0.125. The molecular formula is C18H22N2O4S. The highest BCUT2D eigenvalue weighted by Gasteiger charge is 2.20. The van der Waals surface area contributed by atoms with Crippen LogP contribution in [0.5, 0.6) is 5.75 Å². The molecule has 0 radical (unpaired) electrons. The Morgan fingerprint density at radius 1 is 1.20 bits per heavy atom. The van der Waals surface area contributed by atoms with E-state index in [-0.39, 0.29) is 18.1 Å². The van der Waals surface area contributed by atoms with Gasteiger partial charge in [0.15, 0.2) is 6.61 Å². The smallest absolute Gasteiger partial charge is 0.350 e. The van der Waals surface area contributed by atoms with Crippen molar-refractivity contribution >= 4 is 23.2 Å². The number of amides is 1. The third-order valence-electron chi connectivity index (χ3n) is 3.17. The fraction of sp³-hybridized carbons (Fsp3) is 0.389. The highest BCUT2D eigenvalue weighted by molar-refractivity contribution is 7.17. The number of ether oxygens (including phenoxy) is 2. The Bertz CT molecular complexity index is 760. The van der Waals surface area contributed by atoms with Gasteiger partial charge in [0.2, 0.25) is 0 Å². The molecule has 7 heteroatoms. The summed E-state index contributed by atoms with van der Waals surface area (Å²) in [4.78, 5) is 28.8. The molecule has 0 spiro atoms. The van der Waals surface area contributed by atoms with Gasteiger partial charge in [0.25, 0.3) is 5.91 Å². The van der Waals surface area contributed by atoms with E-state index in [9.17, 15) is 9.59 Å². The van der Waals surface area contributed by atoms with E-state index in [0.717, 1.165) is 11.3 Å². The molecule has 0 bridgehead atoms. The van der Waals surface area contributed by atoms with Crippen LogP contribution in [-0.2, 0) is 9.53 Å². The van der Waals surface area contributed by atoms with Crippen molar-refractivity contribution in [2.45, 2.75) is 33.2 Å². The van der Waals surface area contributed by atoms with E-state index in [1.165, 1.54) is 11.3 Å². The lowest BCUT2D eigenvalue weighted by Gasteiger charge is -2.20. The van der Waals surface area contributed by atoms with Crippen molar-refractivity contribution in [1.82, 2.24) is 10.3 Å². The van der Waals surface area contributed by atoms with Crippen molar-refractivity contribution in [2.75, 3.05) is 13.7 Å². The molecule has 134 valence electrons. The summed E-state index contributed by atoms with van der Waals surface area (Å²) in [5.74, 6) is -0.126. The maximum atomic E-state index is 12.2. The minimum Gasteiger partial charge on any atom is -0.497 e. The van der Waals surface area contributed by atoms with Gasteiger partial charge in [-0.2, -0.15) is 0 Å². The summed E-state index contributed by atoms with van der Waals surface area (Å²) in [6.45, 7) is 7.02. The predicted octanol–water partition coefficient (Wildman–Crippen LogP) is 3.20. The molecule has 0 aliphatic carbocycles. The Hall–Kier alpha value is -2.41. The summed E-state index contributed by atoms with van der Waals surface area (Å²) in [5, 5.41) is 3.46. The number of esters is 1. The number of aryl methyl sites for hydroxylation is 1. The van der Waals surface area contributed by atoms with E-state index in [0.29, 0.717) is 15.6 Å². The first-order valence-electron chi connectivity index (χ1n) is 7.79. The minimum absolute atomic E-state index is 0.314. The molecule has 1 heterocycles. The van der Waals surface area contributed by atoms with Crippen molar-refractivity contribution in [1.29, 1.82) is 0 Å². The van der Waals surface area contributed by atoms with Gasteiger partial charge in [-0.05, 0) is 52.0 Å². The molecule has 2 aromatic rings. The fourth-order valence-corrected chi connectivity index (χ4v) is 3.06. The van der Waals surface area contributed by atoms with Gasteiger partial charge in [-0.15, -0.1) is 11.3 Å². The number of methoxy groups -OCH3 is 1. The number of hydrogen-bond acceptors (Lipinski definition) is 6. The first-order valence-corrected chi connectivity index (χ1v) is 8.61. The Morgan fingerprint density at radius 3 is 2.40 bits per heavy atom. The number of nitrogens with zero attached hydrogens (tertiary/aromatic N) is 1.